The van der Waals surface area contributed by atoms with E-state index in [0.717, 1.165) is 42.3 Å². The van der Waals surface area contributed by atoms with Crippen LogP contribution in [0.1, 0.15) is 49.6 Å². The van der Waals surface area contributed by atoms with Gasteiger partial charge in [-0.1, -0.05) is 12.1 Å². The minimum absolute atomic E-state index is 0.108. The molecule has 0 bridgehead atoms. The molecule has 1 aliphatic carbocycles. The fourth-order valence-corrected chi connectivity index (χ4v) is 2.74. The number of hydrogen-bond donors (Lipinski definition) is 2. The fourth-order valence-electron chi connectivity index (χ4n) is 2.74. The topological polar surface area (TPSA) is 58.3 Å². The summed E-state index contributed by atoms with van der Waals surface area (Å²) in [6.07, 6.45) is 4.48. The molecule has 1 aromatic rings. The highest BCUT2D eigenvalue weighted by Gasteiger charge is 2.33. The van der Waals surface area contributed by atoms with Gasteiger partial charge in [-0.05, 0) is 45.4 Å². The van der Waals surface area contributed by atoms with Crippen LogP contribution in [0.3, 0.4) is 0 Å². The Kier molecular flexibility index (Phi) is 4.07. The van der Waals surface area contributed by atoms with Crippen molar-refractivity contribution in [1.29, 1.82) is 0 Å². The van der Waals surface area contributed by atoms with Crippen LogP contribution in [0.25, 0.3) is 0 Å². The van der Waals surface area contributed by atoms with E-state index in [1.165, 1.54) is 12.8 Å². The highest BCUT2D eigenvalue weighted by molar-refractivity contribution is 5.20. The molecule has 1 fully saturated rings. The largest absolute Gasteiger partial charge is 0.394 e. The van der Waals surface area contributed by atoms with Gasteiger partial charge in [-0.15, -0.1) is 0 Å². The van der Waals surface area contributed by atoms with E-state index in [4.69, 9.17) is 4.52 Å². The molecule has 1 saturated carbocycles. The molecule has 0 unspecified atom stereocenters. The van der Waals surface area contributed by atoms with E-state index >= 15 is 0 Å². The van der Waals surface area contributed by atoms with Gasteiger partial charge in [-0.3, -0.25) is 0 Å². The van der Waals surface area contributed by atoms with Crippen LogP contribution >= 0.6 is 0 Å². The Morgan fingerprint density at radius 1 is 1.39 bits per heavy atom. The van der Waals surface area contributed by atoms with Gasteiger partial charge in [0.2, 0.25) is 0 Å². The molecule has 4 heteroatoms. The third-order valence-corrected chi connectivity index (χ3v) is 4.36. The molecule has 1 aliphatic rings. The molecule has 18 heavy (non-hydrogen) atoms. The molecule has 0 aromatic carbocycles. The maximum Gasteiger partial charge on any atom is 0.138 e. The van der Waals surface area contributed by atoms with E-state index in [0.29, 0.717) is 0 Å². The maximum atomic E-state index is 9.69. The Morgan fingerprint density at radius 3 is 2.56 bits per heavy atom. The van der Waals surface area contributed by atoms with Gasteiger partial charge in [0.25, 0.3) is 0 Å². The molecular formula is C14H24N2O2. The molecule has 1 aromatic heterocycles. The molecule has 0 saturated heterocycles. The van der Waals surface area contributed by atoms with E-state index in [1.54, 1.807) is 0 Å². The maximum absolute atomic E-state index is 9.69. The van der Waals surface area contributed by atoms with Crippen LogP contribution in [0.15, 0.2) is 4.52 Å². The highest BCUT2D eigenvalue weighted by Crippen LogP contribution is 2.32. The van der Waals surface area contributed by atoms with Crippen LogP contribution < -0.4 is 5.32 Å². The average molecular weight is 252 g/mol. The lowest BCUT2D eigenvalue weighted by Crippen LogP contribution is -2.50. The number of nitrogens with one attached hydrogen (secondary N) is 1. The summed E-state index contributed by atoms with van der Waals surface area (Å²) in [4.78, 5) is 0. The van der Waals surface area contributed by atoms with Crippen molar-refractivity contribution in [1.82, 2.24) is 10.5 Å². The van der Waals surface area contributed by atoms with Crippen molar-refractivity contribution in [2.75, 3.05) is 6.61 Å². The van der Waals surface area contributed by atoms with Crippen LogP contribution in [0.2, 0.25) is 0 Å². The molecule has 4 nitrogen and oxygen atoms in total. The van der Waals surface area contributed by atoms with Gasteiger partial charge in [0, 0.05) is 17.6 Å². The van der Waals surface area contributed by atoms with Crippen molar-refractivity contribution in [2.45, 2.75) is 58.5 Å². The molecule has 0 aliphatic heterocycles. The monoisotopic (exact) mass is 252 g/mol. The molecule has 2 rings (SSSR count). The van der Waals surface area contributed by atoms with Crippen molar-refractivity contribution < 1.29 is 9.63 Å². The summed E-state index contributed by atoms with van der Waals surface area (Å²) >= 11 is 0. The van der Waals surface area contributed by atoms with Gasteiger partial charge in [-0.2, -0.15) is 0 Å². The minimum atomic E-state index is -0.108. The lowest BCUT2D eigenvalue weighted by molar-refractivity contribution is 0.104. The van der Waals surface area contributed by atoms with Gasteiger partial charge in [0.1, 0.15) is 5.76 Å². The number of aliphatic hydroxyl groups is 1. The number of nitrogens with zero attached hydrogens (tertiary/aromatic N) is 1. The molecule has 2 N–H and O–H groups in total. The summed E-state index contributed by atoms with van der Waals surface area (Å²) in [6.45, 7) is 7.13. The Labute approximate surface area is 109 Å². The molecule has 1 heterocycles. The van der Waals surface area contributed by atoms with E-state index in [2.05, 4.69) is 17.4 Å². The smallest absolute Gasteiger partial charge is 0.138 e. The number of aryl methyl sites for hydroxylation is 2. The second kappa shape index (κ2) is 5.41. The lowest BCUT2D eigenvalue weighted by Gasteiger charge is -2.39. The standard InChI is InChI=1S/C14H24N2O2/c1-10-4-6-14(9-17,7-5-10)15-8-13-11(2)16-18-12(13)3/h10,15,17H,4-9H2,1-3H3. The van der Waals surface area contributed by atoms with Crippen LogP contribution in [0, 0.1) is 19.8 Å². The predicted molar refractivity (Wildman–Crippen MR) is 70.3 cm³/mol. The molecule has 102 valence electrons. The SMILES string of the molecule is Cc1noc(C)c1CNC1(CO)CCC(C)CC1. The summed E-state index contributed by atoms with van der Waals surface area (Å²) in [5.41, 5.74) is 1.96. The Hall–Kier alpha value is -0.870. The summed E-state index contributed by atoms with van der Waals surface area (Å²) in [5, 5.41) is 17.2. The first-order valence-electron chi connectivity index (χ1n) is 6.84. The minimum Gasteiger partial charge on any atom is -0.394 e. The van der Waals surface area contributed by atoms with Gasteiger partial charge < -0.3 is 14.9 Å². The molecule has 0 spiro atoms. The molecular weight excluding hydrogens is 228 g/mol. The van der Waals surface area contributed by atoms with Crippen molar-refractivity contribution in [3.05, 3.63) is 17.0 Å². The second-order valence-electron chi connectivity index (χ2n) is 5.78. The number of rotatable bonds is 4. The van der Waals surface area contributed by atoms with Gasteiger partial charge in [0.05, 0.1) is 12.3 Å². The Morgan fingerprint density at radius 2 is 2.06 bits per heavy atom. The van der Waals surface area contributed by atoms with E-state index in [9.17, 15) is 5.11 Å². The van der Waals surface area contributed by atoms with E-state index < -0.39 is 0 Å². The normalized spacial score (nSPS) is 28.6. The molecule has 0 amide bonds. The third-order valence-electron chi connectivity index (χ3n) is 4.36. The Balaban J connectivity index is 1.99. The van der Waals surface area contributed by atoms with Gasteiger partial charge in [0.15, 0.2) is 0 Å². The van der Waals surface area contributed by atoms with E-state index in [1.807, 2.05) is 13.8 Å². The first-order valence-corrected chi connectivity index (χ1v) is 6.84. The molecule has 0 radical (unpaired) electrons. The van der Waals surface area contributed by atoms with Crippen molar-refractivity contribution >= 4 is 0 Å². The quantitative estimate of drug-likeness (QED) is 0.863. The van der Waals surface area contributed by atoms with Gasteiger partial charge in [-0.25, -0.2) is 0 Å². The zero-order valence-electron chi connectivity index (χ0n) is 11.6. The number of hydrogen-bond acceptors (Lipinski definition) is 4. The summed E-state index contributed by atoms with van der Waals surface area (Å²) in [5.74, 6) is 1.66. The van der Waals surface area contributed by atoms with Crippen molar-refractivity contribution in [2.24, 2.45) is 5.92 Å². The summed E-state index contributed by atoms with van der Waals surface area (Å²) < 4.78 is 5.17. The number of aliphatic hydroxyl groups excluding tert-OH is 1. The zero-order chi connectivity index (χ0) is 13.2. The first-order chi connectivity index (χ1) is 8.56. The Bertz CT molecular complexity index is 373. The lowest BCUT2D eigenvalue weighted by atomic mass is 9.77. The van der Waals surface area contributed by atoms with Crippen molar-refractivity contribution in [3.63, 3.8) is 0 Å². The highest BCUT2D eigenvalue weighted by atomic mass is 16.5. The summed E-state index contributed by atoms with van der Waals surface area (Å²) in [6, 6.07) is 0. The fraction of sp³-hybridized carbons (Fsp3) is 0.786. The van der Waals surface area contributed by atoms with Gasteiger partial charge >= 0.3 is 0 Å². The van der Waals surface area contributed by atoms with Crippen LogP contribution in [0.5, 0.6) is 0 Å². The van der Waals surface area contributed by atoms with Crippen LogP contribution in [0.4, 0.5) is 0 Å². The second-order valence-corrected chi connectivity index (χ2v) is 5.78. The zero-order valence-corrected chi connectivity index (χ0v) is 11.6. The molecule has 0 atom stereocenters. The summed E-state index contributed by atoms with van der Waals surface area (Å²) in [7, 11) is 0. The average Bonchev–Trinajstić information content (AvgIpc) is 2.69. The van der Waals surface area contributed by atoms with E-state index in [-0.39, 0.29) is 12.1 Å². The van der Waals surface area contributed by atoms with Crippen molar-refractivity contribution in [3.8, 4) is 0 Å². The first kappa shape index (κ1) is 13.6. The van der Waals surface area contributed by atoms with Crippen LogP contribution in [-0.2, 0) is 6.54 Å². The predicted octanol–water partition coefficient (Wildman–Crippen LogP) is 2.32. The number of aromatic nitrogens is 1. The third kappa shape index (κ3) is 2.75. The van der Waals surface area contributed by atoms with Crippen LogP contribution in [-0.4, -0.2) is 22.4 Å².